The number of Topliss-reactive ketones (excluding diaryl/α,β-unsaturated/α-hetero) is 2. The minimum absolute atomic E-state index is 0.00255. The molecule has 0 aromatic heterocycles. The number of ketones is 2. The second-order valence-electron chi connectivity index (χ2n) is 5.03. The van der Waals surface area contributed by atoms with E-state index >= 15 is 0 Å². The van der Waals surface area contributed by atoms with Gasteiger partial charge in [-0.25, -0.2) is 0 Å². The van der Waals surface area contributed by atoms with Gasteiger partial charge in [0.25, 0.3) is 0 Å². The van der Waals surface area contributed by atoms with Crippen LogP contribution in [0.3, 0.4) is 0 Å². The van der Waals surface area contributed by atoms with E-state index in [1.165, 1.54) is 0 Å². The maximum absolute atomic E-state index is 12.4. The third-order valence-electron chi connectivity index (χ3n) is 3.12. The van der Waals surface area contributed by atoms with Gasteiger partial charge in [0.15, 0.2) is 11.6 Å². The lowest BCUT2D eigenvalue weighted by Gasteiger charge is -2.25. The first kappa shape index (κ1) is 14.2. The Morgan fingerprint density at radius 1 is 0.941 bits per heavy atom. The molecule has 0 aromatic carbocycles. The number of allylic oxidation sites excluding steroid dienone is 4. The van der Waals surface area contributed by atoms with Gasteiger partial charge in [0.1, 0.15) is 0 Å². The molecule has 1 rings (SSSR count). The van der Waals surface area contributed by atoms with Gasteiger partial charge < -0.3 is 0 Å². The molecule has 0 atom stereocenters. The maximum atomic E-state index is 12.4. The summed E-state index contributed by atoms with van der Waals surface area (Å²) in [6, 6.07) is 0. The van der Waals surface area contributed by atoms with E-state index in [0.29, 0.717) is 22.3 Å². The Morgan fingerprint density at radius 2 is 1.41 bits per heavy atom. The Labute approximate surface area is 108 Å². The topological polar surface area (TPSA) is 34.1 Å². The molecular formula is C14H19ClO2. The average Bonchev–Trinajstić information content (AvgIpc) is 2.21. The minimum Gasteiger partial charge on any atom is -0.289 e. The van der Waals surface area contributed by atoms with Gasteiger partial charge >= 0.3 is 0 Å². The first-order chi connectivity index (χ1) is 7.82. The molecular weight excluding hydrogens is 236 g/mol. The van der Waals surface area contributed by atoms with Gasteiger partial charge in [0.05, 0.1) is 5.88 Å². The predicted molar refractivity (Wildman–Crippen MR) is 70.1 cm³/mol. The van der Waals surface area contributed by atoms with Crippen molar-refractivity contribution in [1.29, 1.82) is 0 Å². The smallest absolute Gasteiger partial charge is 0.186 e. The monoisotopic (exact) mass is 254 g/mol. The summed E-state index contributed by atoms with van der Waals surface area (Å²) in [7, 11) is 0. The molecule has 0 amide bonds. The van der Waals surface area contributed by atoms with Crippen LogP contribution in [0.4, 0.5) is 0 Å². The van der Waals surface area contributed by atoms with Crippen molar-refractivity contribution in [3.63, 3.8) is 0 Å². The lowest BCUT2D eigenvalue weighted by molar-refractivity contribution is -0.117. The molecule has 2 nitrogen and oxygen atoms in total. The van der Waals surface area contributed by atoms with Crippen molar-refractivity contribution in [3.05, 3.63) is 22.3 Å². The van der Waals surface area contributed by atoms with Crippen LogP contribution in [0.5, 0.6) is 0 Å². The van der Waals surface area contributed by atoms with Crippen LogP contribution in [0.25, 0.3) is 0 Å². The maximum Gasteiger partial charge on any atom is 0.186 e. The number of halogens is 1. The standard InChI is InChI=1S/C14H19ClO2/c1-7(2)11-9(5)13(16)10(6-15)12(8(3)4)14(11)17/h7-8H,6H2,1-5H3. The van der Waals surface area contributed by atoms with Crippen molar-refractivity contribution in [2.45, 2.75) is 34.6 Å². The van der Waals surface area contributed by atoms with E-state index in [9.17, 15) is 9.59 Å². The number of alkyl halides is 1. The van der Waals surface area contributed by atoms with Crippen molar-refractivity contribution in [2.75, 3.05) is 5.88 Å². The molecule has 1 aliphatic rings. The summed E-state index contributed by atoms with van der Waals surface area (Å²) in [6.07, 6.45) is 0. The Kier molecular flexibility index (Phi) is 4.31. The summed E-state index contributed by atoms with van der Waals surface area (Å²) in [5.41, 5.74) is 2.28. The third kappa shape index (κ3) is 2.37. The molecule has 3 heteroatoms. The zero-order valence-corrected chi connectivity index (χ0v) is 11.8. The molecule has 0 radical (unpaired) electrons. The zero-order valence-electron chi connectivity index (χ0n) is 11.1. The van der Waals surface area contributed by atoms with E-state index in [2.05, 4.69) is 0 Å². The Hall–Kier alpha value is -0.890. The van der Waals surface area contributed by atoms with Gasteiger partial charge in [-0.15, -0.1) is 11.6 Å². The molecule has 0 fully saturated rings. The number of carbonyl (C=O) groups excluding carboxylic acids is 2. The molecule has 0 heterocycles. The largest absolute Gasteiger partial charge is 0.289 e. The van der Waals surface area contributed by atoms with Crippen molar-refractivity contribution < 1.29 is 9.59 Å². The predicted octanol–water partition coefficient (Wildman–Crippen LogP) is 3.30. The van der Waals surface area contributed by atoms with Crippen molar-refractivity contribution >= 4 is 23.2 Å². The third-order valence-corrected chi connectivity index (χ3v) is 3.39. The fourth-order valence-electron chi connectivity index (χ4n) is 2.36. The summed E-state index contributed by atoms with van der Waals surface area (Å²) in [4.78, 5) is 24.6. The molecule has 94 valence electrons. The van der Waals surface area contributed by atoms with E-state index < -0.39 is 0 Å². The van der Waals surface area contributed by atoms with Gasteiger partial charge in [0.2, 0.25) is 0 Å². The van der Waals surface area contributed by atoms with E-state index in [4.69, 9.17) is 11.6 Å². The highest BCUT2D eigenvalue weighted by Gasteiger charge is 2.33. The summed E-state index contributed by atoms with van der Waals surface area (Å²) in [5.74, 6) is 0.148. The van der Waals surface area contributed by atoms with E-state index in [1.807, 2.05) is 27.7 Å². The van der Waals surface area contributed by atoms with Crippen LogP contribution < -0.4 is 0 Å². The van der Waals surface area contributed by atoms with Crippen molar-refractivity contribution in [2.24, 2.45) is 11.8 Å². The van der Waals surface area contributed by atoms with Gasteiger partial charge in [-0.1, -0.05) is 27.7 Å². The minimum atomic E-state index is -0.0630. The fraction of sp³-hybridized carbons (Fsp3) is 0.571. The number of hydrogen-bond donors (Lipinski definition) is 0. The van der Waals surface area contributed by atoms with Crippen molar-refractivity contribution in [1.82, 2.24) is 0 Å². The highest BCUT2D eigenvalue weighted by molar-refractivity contribution is 6.31. The lowest BCUT2D eigenvalue weighted by Crippen LogP contribution is -2.28. The van der Waals surface area contributed by atoms with Gasteiger partial charge in [-0.05, 0) is 18.8 Å². The van der Waals surface area contributed by atoms with Gasteiger partial charge in [-0.3, -0.25) is 9.59 Å². The van der Waals surface area contributed by atoms with Crippen LogP contribution >= 0.6 is 11.6 Å². The van der Waals surface area contributed by atoms with Crippen LogP contribution in [-0.2, 0) is 9.59 Å². The van der Waals surface area contributed by atoms with E-state index in [-0.39, 0.29) is 29.3 Å². The highest BCUT2D eigenvalue weighted by Crippen LogP contribution is 2.32. The van der Waals surface area contributed by atoms with Crippen LogP contribution in [0.2, 0.25) is 0 Å². The molecule has 17 heavy (non-hydrogen) atoms. The Bertz CT molecular complexity index is 426. The lowest BCUT2D eigenvalue weighted by atomic mass is 9.77. The number of carbonyl (C=O) groups is 2. The molecule has 0 aliphatic heterocycles. The average molecular weight is 255 g/mol. The van der Waals surface area contributed by atoms with E-state index in [0.717, 1.165) is 0 Å². The SMILES string of the molecule is CC1=C(C(C)C)C(=O)C(C(C)C)=C(CCl)C1=O. The normalized spacial score (nSPS) is 17.9. The first-order valence-corrected chi connectivity index (χ1v) is 6.45. The first-order valence-electron chi connectivity index (χ1n) is 5.92. The van der Waals surface area contributed by atoms with Crippen molar-refractivity contribution in [3.8, 4) is 0 Å². The second-order valence-corrected chi connectivity index (χ2v) is 5.30. The molecule has 0 aromatic rings. The zero-order chi connectivity index (χ0) is 13.3. The highest BCUT2D eigenvalue weighted by atomic mass is 35.5. The van der Waals surface area contributed by atoms with Crippen LogP contribution in [-0.4, -0.2) is 17.4 Å². The molecule has 1 aliphatic carbocycles. The van der Waals surface area contributed by atoms with Crippen LogP contribution in [0, 0.1) is 11.8 Å². The number of hydrogen-bond acceptors (Lipinski definition) is 2. The Morgan fingerprint density at radius 3 is 1.76 bits per heavy atom. The quantitative estimate of drug-likeness (QED) is 0.572. The second kappa shape index (κ2) is 5.18. The number of rotatable bonds is 3. The molecule has 0 spiro atoms. The molecule has 0 N–H and O–H groups in total. The fourth-order valence-corrected chi connectivity index (χ4v) is 2.63. The summed E-state index contributed by atoms with van der Waals surface area (Å²) in [5, 5.41) is 0. The summed E-state index contributed by atoms with van der Waals surface area (Å²) >= 11 is 5.82. The molecule has 0 saturated carbocycles. The van der Waals surface area contributed by atoms with Gasteiger partial charge in [0, 0.05) is 22.3 Å². The summed E-state index contributed by atoms with van der Waals surface area (Å²) in [6.45, 7) is 9.44. The van der Waals surface area contributed by atoms with Crippen LogP contribution in [0.1, 0.15) is 34.6 Å². The Balaban J connectivity index is 3.43. The van der Waals surface area contributed by atoms with Crippen LogP contribution in [0.15, 0.2) is 22.3 Å². The van der Waals surface area contributed by atoms with Gasteiger partial charge in [-0.2, -0.15) is 0 Å². The van der Waals surface area contributed by atoms with E-state index in [1.54, 1.807) is 6.92 Å². The molecule has 0 unspecified atom stereocenters. The summed E-state index contributed by atoms with van der Waals surface area (Å²) < 4.78 is 0. The molecule has 0 bridgehead atoms. The molecule has 0 saturated heterocycles.